The van der Waals surface area contributed by atoms with Crippen molar-refractivity contribution in [3.63, 3.8) is 0 Å². The second kappa shape index (κ2) is 9.39. The Kier molecular flexibility index (Phi) is 5.34. The Hall–Kier alpha value is -4.76. The summed E-state index contributed by atoms with van der Waals surface area (Å²) in [5.74, 6) is 0. The number of rotatable bonds is 3. The van der Waals surface area contributed by atoms with E-state index in [0.29, 0.717) is 0 Å². The fourth-order valence-electron chi connectivity index (χ4n) is 6.67. The van der Waals surface area contributed by atoms with Crippen molar-refractivity contribution >= 4 is 74.5 Å². The molecule has 0 saturated carbocycles. The molecule has 0 atom stereocenters. The molecule has 0 bridgehead atoms. The average Bonchev–Trinajstić information content (AvgIpc) is 3.66. The van der Waals surface area contributed by atoms with E-state index in [1.54, 1.807) is 0 Å². The molecule has 0 aliphatic heterocycles. The van der Waals surface area contributed by atoms with E-state index in [2.05, 4.69) is 146 Å². The standard InChI is InChI=1S/C40H24S2/c1-3-13-25(14-4-1)35-23-32-36(41-35)24-33(39-31-21-11-12-22-34(31)42-40(32)39)38-29-19-9-7-17-27(29)37(26-15-5-2-6-16-26)28-18-8-10-20-30(28)38/h1-24H. The van der Waals surface area contributed by atoms with Crippen LogP contribution >= 0.6 is 22.7 Å². The van der Waals surface area contributed by atoms with E-state index < -0.39 is 0 Å². The highest BCUT2D eigenvalue weighted by atomic mass is 32.1. The summed E-state index contributed by atoms with van der Waals surface area (Å²) in [4.78, 5) is 1.32. The zero-order valence-corrected chi connectivity index (χ0v) is 24.3. The lowest BCUT2D eigenvalue weighted by Crippen LogP contribution is -1.91. The molecule has 42 heavy (non-hydrogen) atoms. The molecule has 7 aromatic carbocycles. The van der Waals surface area contributed by atoms with Gasteiger partial charge in [0, 0.05) is 35.1 Å². The Morgan fingerprint density at radius 1 is 0.357 bits per heavy atom. The van der Waals surface area contributed by atoms with Gasteiger partial charge in [0.25, 0.3) is 0 Å². The smallest absolute Gasteiger partial charge is 0.0448 e. The lowest BCUT2D eigenvalue weighted by Gasteiger charge is -2.18. The Morgan fingerprint density at radius 3 is 1.52 bits per heavy atom. The van der Waals surface area contributed by atoms with Gasteiger partial charge in [-0.3, -0.25) is 0 Å². The van der Waals surface area contributed by atoms with Crippen molar-refractivity contribution in [3.8, 4) is 32.7 Å². The van der Waals surface area contributed by atoms with Crippen molar-refractivity contribution in [3.05, 3.63) is 146 Å². The summed E-state index contributed by atoms with van der Waals surface area (Å²) in [7, 11) is 0. The van der Waals surface area contributed by atoms with Crippen LogP contribution in [0.3, 0.4) is 0 Å². The summed E-state index contributed by atoms with van der Waals surface area (Å²) in [6.07, 6.45) is 0. The Labute approximate surface area is 251 Å². The normalized spacial score (nSPS) is 11.8. The molecule has 2 aromatic heterocycles. The SMILES string of the molecule is c1ccc(-c2cc3c(cc(-c4c5ccccc5c(-c5ccccc5)c5ccccc45)c4c5ccccc5sc34)s2)cc1. The highest BCUT2D eigenvalue weighted by Crippen LogP contribution is 2.51. The fraction of sp³-hybridized carbons (Fsp3) is 0. The molecule has 2 heterocycles. The molecule has 2 heteroatoms. The van der Waals surface area contributed by atoms with E-state index in [0.717, 1.165) is 0 Å². The maximum atomic E-state index is 2.48. The predicted octanol–water partition coefficient (Wildman–Crippen LogP) is 12.6. The zero-order valence-electron chi connectivity index (χ0n) is 22.7. The van der Waals surface area contributed by atoms with E-state index >= 15 is 0 Å². The third-order valence-corrected chi connectivity index (χ3v) is 10.8. The molecule has 0 amide bonds. The van der Waals surface area contributed by atoms with Gasteiger partial charge in [-0.25, -0.2) is 0 Å². The third kappa shape index (κ3) is 3.53. The van der Waals surface area contributed by atoms with Gasteiger partial charge in [-0.15, -0.1) is 22.7 Å². The lowest BCUT2D eigenvalue weighted by molar-refractivity contribution is 1.67. The van der Waals surface area contributed by atoms with Crippen molar-refractivity contribution in [2.75, 3.05) is 0 Å². The van der Waals surface area contributed by atoms with Crippen LogP contribution in [0, 0.1) is 0 Å². The first kappa shape index (κ1) is 23.9. The van der Waals surface area contributed by atoms with Gasteiger partial charge in [-0.1, -0.05) is 127 Å². The van der Waals surface area contributed by atoms with Crippen LogP contribution in [-0.4, -0.2) is 0 Å². The van der Waals surface area contributed by atoms with Gasteiger partial charge in [0.15, 0.2) is 0 Å². The molecule has 0 aliphatic carbocycles. The first-order valence-electron chi connectivity index (χ1n) is 14.3. The van der Waals surface area contributed by atoms with Crippen LogP contribution in [0.5, 0.6) is 0 Å². The molecule has 0 saturated heterocycles. The van der Waals surface area contributed by atoms with E-state index in [-0.39, 0.29) is 0 Å². The maximum absolute atomic E-state index is 2.48. The number of thiophene rings is 2. The molecule has 0 N–H and O–H groups in total. The number of fused-ring (bicyclic) bond motifs is 7. The van der Waals surface area contributed by atoms with Crippen LogP contribution < -0.4 is 0 Å². The minimum Gasteiger partial charge on any atom is -0.135 e. The maximum Gasteiger partial charge on any atom is 0.0448 e. The summed E-state index contributed by atoms with van der Waals surface area (Å²) < 4.78 is 4.05. The van der Waals surface area contributed by atoms with Gasteiger partial charge < -0.3 is 0 Å². The Bertz CT molecular complexity index is 2390. The van der Waals surface area contributed by atoms with E-state index in [9.17, 15) is 0 Å². The van der Waals surface area contributed by atoms with E-state index in [4.69, 9.17) is 0 Å². The summed E-state index contributed by atoms with van der Waals surface area (Å²) >= 11 is 3.83. The molecule has 0 fully saturated rings. The van der Waals surface area contributed by atoms with Crippen LogP contribution in [0.4, 0.5) is 0 Å². The van der Waals surface area contributed by atoms with Gasteiger partial charge in [0.1, 0.15) is 0 Å². The predicted molar refractivity (Wildman–Crippen MR) is 186 cm³/mol. The van der Waals surface area contributed by atoms with Crippen molar-refractivity contribution in [1.82, 2.24) is 0 Å². The monoisotopic (exact) mass is 568 g/mol. The van der Waals surface area contributed by atoms with Crippen molar-refractivity contribution in [2.24, 2.45) is 0 Å². The van der Waals surface area contributed by atoms with Crippen molar-refractivity contribution < 1.29 is 0 Å². The van der Waals surface area contributed by atoms with Crippen LogP contribution in [0.15, 0.2) is 146 Å². The molecule has 9 rings (SSSR count). The minimum atomic E-state index is 1.25. The molecular weight excluding hydrogens is 545 g/mol. The second-order valence-corrected chi connectivity index (χ2v) is 13.0. The second-order valence-electron chi connectivity index (χ2n) is 10.8. The minimum absolute atomic E-state index is 1.25. The van der Waals surface area contributed by atoms with Crippen LogP contribution in [0.1, 0.15) is 0 Å². The van der Waals surface area contributed by atoms with Crippen LogP contribution in [0.25, 0.3) is 84.5 Å². The van der Waals surface area contributed by atoms with Gasteiger partial charge in [-0.05, 0) is 67.6 Å². The highest BCUT2D eigenvalue weighted by molar-refractivity contribution is 7.28. The zero-order chi connectivity index (χ0) is 27.6. The number of benzene rings is 7. The summed E-state index contributed by atoms with van der Waals surface area (Å²) in [5, 5.41) is 9.23. The topological polar surface area (TPSA) is 0 Å². The van der Waals surface area contributed by atoms with Gasteiger partial charge in [0.2, 0.25) is 0 Å². The highest BCUT2D eigenvalue weighted by Gasteiger charge is 2.22. The summed E-state index contributed by atoms with van der Waals surface area (Å²) in [5.41, 5.74) is 6.48. The number of hydrogen-bond donors (Lipinski definition) is 0. The van der Waals surface area contributed by atoms with E-state index in [1.807, 2.05) is 22.7 Å². The quantitative estimate of drug-likeness (QED) is 0.186. The number of hydrogen-bond acceptors (Lipinski definition) is 2. The first-order chi connectivity index (χ1) is 20.8. The Balaban J connectivity index is 1.48. The lowest BCUT2D eigenvalue weighted by atomic mass is 9.85. The van der Waals surface area contributed by atoms with Gasteiger partial charge in [-0.2, -0.15) is 0 Å². The van der Waals surface area contributed by atoms with Crippen LogP contribution in [-0.2, 0) is 0 Å². The average molecular weight is 569 g/mol. The van der Waals surface area contributed by atoms with Crippen molar-refractivity contribution in [1.29, 1.82) is 0 Å². The molecular formula is C40H24S2. The molecule has 0 spiro atoms. The molecule has 0 radical (unpaired) electrons. The first-order valence-corrected chi connectivity index (χ1v) is 15.9. The third-order valence-electron chi connectivity index (χ3n) is 8.47. The fourth-order valence-corrected chi connectivity index (χ4v) is 9.10. The van der Waals surface area contributed by atoms with Crippen LogP contribution in [0.2, 0.25) is 0 Å². The summed E-state index contributed by atoms with van der Waals surface area (Å²) in [6.45, 7) is 0. The van der Waals surface area contributed by atoms with E-state index in [1.165, 1.54) is 84.5 Å². The molecule has 0 nitrogen and oxygen atoms in total. The van der Waals surface area contributed by atoms with Gasteiger partial charge in [0.05, 0.1) is 0 Å². The van der Waals surface area contributed by atoms with Gasteiger partial charge >= 0.3 is 0 Å². The molecule has 196 valence electrons. The molecule has 9 aromatic rings. The van der Waals surface area contributed by atoms with Crippen molar-refractivity contribution in [2.45, 2.75) is 0 Å². The molecule has 0 aliphatic rings. The summed E-state index contributed by atoms with van der Waals surface area (Å²) in [6, 6.07) is 53.4. The largest absolute Gasteiger partial charge is 0.135 e. The molecule has 0 unspecified atom stereocenters. The Morgan fingerprint density at radius 2 is 0.881 bits per heavy atom.